The molecule has 0 radical (unpaired) electrons. The van der Waals surface area contributed by atoms with Gasteiger partial charge in [0.25, 0.3) is 5.69 Å². The summed E-state index contributed by atoms with van der Waals surface area (Å²) in [6.45, 7) is 1.84. The van der Waals surface area contributed by atoms with E-state index >= 15 is 0 Å². The third-order valence-corrected chi connectivity index (χ3v) is 3.26. The number of carboxylic acids is 1. The van der Waals surface area contributed by atoms with Gasteiger partial charge < -0.3 is 14.7 Å². The van der Waals surface area contributed by atoms with Crippen LogP contribution in [0, 0.1) is 10.1 Å². The predicted molar refractivity (Wildman–Crippen MR) is 84.4 cm³/mol. The number of carbonyl (C=O) groups excluding carboxylic acids is 1. The smallest absolute Gasteiger partial charge is 0.346 e. The van der Waals surface area contributed by atoms with Gasteiger partial charge in [0.2, 0.25) is 0 Å². The summed E-state index contributed by atoms with van der Waals surface area (Å²) in [5.74, 6) is -2.92. The number of anilines is 1. The summed E-state index contributed by atoms with van der Waals surface area (Å²) < 4.78 is 18.7. The van der Waals surface area contributed by atoms with Crippen LogP contribution in [0.1, 0.15) is 36.5 Å². The van der Waals surface area contributed by atoms with Gasteiger partial charge in [-0.3, -0.25) is 10.1 Å². The van der Waals surface area contributed by atoms with Crippen molar-refractivity contribution in [3.63, 3.8) is 0 Å². The molecule has 1 N–H and O–H groups in total. The number of hydrogen-bond donors (Lipinski definition) is 1. The van der Waals surface area contributed by atoms with Crippen molar-refractivity contribution >= 4 is 23.3 Å². The van der Waals surface area contributed by atoms with Crippen molar-refractivity contribution in [1.29, 1.82) is 0 Å². The van der Waals surface area contributed by atoms with Crippen molar-refractivity contribution in [3.05, 3.63) is 27.8 Å². The summed E-state index contributed by atoms with van der Waals surface area (Å²) in [5, 5.41) is 20.1. The summed E-state index contributed by atoms with van der Waals surface area (Å²) in [6, 6.07) is 1.84. The van der Waals surface area contributed by atoms with E-state index in [-0.39, 0.29) is 17.9 Å². The van der Waals surface area contributed by atoms with Crippen molar-refractivity contribution in [2.75, 3.05) is 19.0 Å². The molecule has 0 spiro atoms. The van der Waals surface area contributed by atoms with Gasteiger partial charge >= 0.3 is 11.9 Å². The van der Waals surface area contributed by atoms with Gasteiger partial charge in [-0.05, 0) is 12.5 Å². The first kappa shape index (κ1) is 19.3. The molecule has 0 amide bonds. The number of hydrogen-bond acceptors (Lipinski definition) is 6. The summed E-state index contributed by atoms with van der Waals surface area (Å²) in [6.07, 6.45) is -0.662. The highest BCUT2D eigenvalue weighted by molar-refractivity contribution is 5.95. The Hall–Kier alpha value is -2.71. The van der Waals surface area contributed by atoms with E-state index in [2.05, 4.69) is 0 Å². The minimum absolute atomic E-state index is 0.0120. The highest BCUT2D eigenvalue weighted by Gasteiger charge is 2.27. The fourth-order valence-electron chi connectivity index (χ4n) is 1.98. The molecule has 1 rings (SSSR count). The quantitative estimate of drug-likeness (QED) is 0.335. The van der Waals surface area contributed by atoms with Crippen LogP contribution >= 0.6 is 0 Å². The van der Waals surface area contributed by atoms with Crippen molar-refractivity contribution in [2.45, 2.75) is 32.4 Å². The zero-order chi connectivity index (χ0) is 18.4. The largest absolute Gasteiger partial charge is 0.477 e. The number of nitro groups is 1. The molecule has 1 aromatic rings. The van der Waals surface area contributed by atoms with E-state index in [4.69, 9.17) is 9.84 Å². The first-order chi connectivity index (χ1) is 11.2. The van der Waals surface area contributed by atoms with Gasteiger partial charge in [-0.2, -0.15) is 0 Å². The molecule has 8 nitrogen and oxygen atoms in total. The average Bonchev–Trinajstić information content (AvgIpc) is 2.51. The van der Waals surface area contributed by atoms with E-state index in [9.17, 15) is 24.1 Å². The monoisotopic (exact) mass is 342 g/mol. The molecule has 9 heteroatoms. The fraction of sp³-hybridized carbons (Fsp3) is 0.467. The molecule has 1 unspecified atom stereocenters. The molecule has 0 bridgehead atoms. The lowest BCUT2D eigenvalue weighted by atomic mass is 10.1. The number of benzene rings is 1. The lowest BCUT2D eigenvalue weighted by molar-refractivity contribution is -0.385. The number of esters is 1. The number of carbonyl (C=O) groups is 2. The number of nitrogens with zero attached hydrogens (tertiary/aromatic N) is 2. The Morgan fingerprint density at radius 3 is 2.50 bits per heavy atom. The van der Waals surface area contributed by atoms with E-state index in [1.807, 2.05) is 6.92 Å². The Kier molecular flexibility index (Phi) is 6.63. The van der Waals surface area contributed by atoms with Gasteiger partial charge in [-0.1, -0.05) is 19.8 Å². The van der Waals surface area contributed by atoms with Gasteiger partial charge in [0, 0.05) is 14.1 Å². The molecule has 0 saturated carbocycles. The number of carboxylic acid groups (broad SMARTS) is 1. The molecular formula is C15H19FN2O6. The minimum Gasteiger partial charge on any atom is -0.477 e. The molecule has 0 fully saturated rings. The van der Waals surface area contributed by atoms with Crippen LogP contribution in [0.2, 0.25) is 0 Å². The molecule has 1 atom stereocenters. The molecule has 0 aromatic heterocycles. The molecular weight excluding hydrogens is 323 g/mol. The lowest BCUT2D eigenvalue weighted by Gasteiger charge is -2.18. The standard InChI is InChI=1S/C15H19FN2O6/c1-4-5-6-10(16)15(21)24-13-8-11(18(22)23)9(14(19)20)7-12(13)17(2)3/h7-8,10H,4-6H2,1-3H3,(H,19,20). The van der Waals surface area contributed by atoms with Gasteiger partial charge in [-0.15, -0.1) is 0 Å². The molecule has 1 aromatic carbocycles. The van der Waals surface area contributed by atoms with Crippen molar-refractivity contribution in [2.24, 2.45) is 0 Å². The lowest BCUT2D eigenvalue weighted by Crippen LogP contribution is -2.23. The topological polar surface area (TPSA) is 110 Å². The second-order valence-electron chi connectivity index (χ2n) is 5.32. The third-order valence-electron chi connectivity index (χ3n) is 3.26. The average molecular weight is 342 g/mol. The molecule has 0 heterocycles. The van der Waals surface area contributed by atoms with Gasteiger partial charge in [0.05, 0.1) is 16.7 Å². The van der Waals surface area contributed by atoms with Crippen LogP contribution in [0.15, 0.2) is 12.1 Å². The number of rotatable bonds is 8. The summed E-state index contributed by atoms with van der Waals surface area (Å²) >= 11 is 0. The first-order valence-corrected chi connectivity index (χ1v) is 7.27. The van der Waals surface area contributed by atoms with Crippen LogP contribution in [0.5, 0.6) is 5.75 Å². The van der Waals surface area contributed by atoms with Gasteiger partial charge in [0.15, 0.2) is 11.9 Å². The normalized spacial score (nSPS) is 11.7. The molecule has 0 aliphatic heterocycles. The maximum atomic E-state index is 13.8. The van der Waals surface area contributed by atoms with E-state index in [0.29, 0.717) is 12.8 Å². The van der Waals surface area contributed by atoms with Crippen molar-refractivity contribution in [3.8, 4) is 5.75 Å². The summed E-state index contributed by atoms with van der Waals surface area (Å²) in [4.78, 5) is 34.5. The predicted octanol–water partition coefficient (Wildman–Crippen LogP) is 2.79. The van der Waals surface area contributed by atoms with Crippen molar-refractivity contribution < 1.29 is 28.7 Å². The maximum Gasteiger partial charge on any atom is 0.346 e. The van der Waals surface area contributed by atoms with E-state index in [0.717, 1.165) is 12.1 Å². The SMILES string of the molecule is CCCCC(F)C(=O)Oc1cc([N+](=O)[O-])c(C(=O)O)cc1N(C)C. The van der Waals surface area contributed by atoms with Crippen LogP contribution < -0.4 is 9.64 Å². The van der Waals surface area contributed by atoms with E-state index < -0.39 is 34.3 Å². The third kappa shape index (κ3) is 4.64. The Balaban J connectivity index is 3.25. The summed E-state index contributed by atoms with van der Waals surface area (Å²) in [5.41, 5.74) is -1.17. The molecule has 0 aliphatic carbocycles. The summed E-state index contributed by atoms with van der Waals surface area (Å²) in [7, 11) is 3.07. The van der Waals surface area contributed by atoms with Crippen LogP contribution in [-0.2, 0) is 4.79 Å². The Morgan fingerprint density at radius 2 is 2.04 bits per heavy atom. The highest BCUT2D eigenvalue weighted by atomic mass is 19.1. The number of ether oxygens (including phenoxy) is 1. The fourth-order valence-corrected chi connectivity index (χ4v) is 1.98. The Morgan fingerprint density at radius 1 is 1.42 bits per heavy atom. The highest BCUT2D eigenvalue weighted by Crippen LogP contribution is 2.35. The number of alkyl halides is 1. The Labute approximate surface area is 138 Å². The van der Waals surface area contributed by atoms with E-state index in [1.54, 1.807) is 0 Å². The second kappa shape index (κ2) is 8.23. The molecule has 0 aliphatic rings. The second-order valence-corrected chi connectivity index (χ2v) is 5.32. The van der Waals surface area contributed by atoms with E-state index in [1.165, 1.54) is 19.0 Å². The maximum absolute atomic E-state index is 13.8. The van der Waals surface area contributed by atoms with Gasteiger partial charge in [-0.25, -0.2) is 14.0 Å². The van der Waals surface area contributed by atoms with Crippen LogP contribution in [0.3, 0.4) is 0 Å². The van der Waals surface area contributed by atoms with Crippen LogP contribution in [0.4, 0.5) is 15.8 Å². The number of aromatic carboxylic acids is 1. The zero-order valence-corrected chi connectivity index (χ0v) is 13.6. The number of halogens is 1. The first-order valence-electron chi connectivity index (χ1n) is 7.27. The molecule has 0 saturated heterocycles. The van der Waals surface area contributed by atoms with Crippen LogP contribution in [0.25, 0.3) is 0 Å². The minimum atomic E-state index is -1.85. The van der Waals surface area contributed by atoms with Gasteiger partial charge in [0.1, 0.15) is 5.56 Å². The number of unbranched alkanes of at least 4 members (excludes halogenated alkanes) is 1. The van der Waals surface area contributed by atoms with Crippen LogP contribution in [-0.4, -0.2) is 42.2 Å². The molecule has 24 heavy (non-hydrogen) atoms. The zero-order valence-electron chi connectivity index (χ0n) is 13.6. The van der Waals surface area contributed by atoms with Crippen molar-refractivity contribution in [1.82, 2.24) is 0 Å². The molecule has 132 valence electrons. The Bertz CT molecular complexity index is 647. The number of nitro benzene ring substituents is 1.